The van der Waals surface area contributed by atoms with Gasteiger partial charge in [0.2, 0.25) is 10.0 Å². The smallest absolute Gasteiger partial charge is 0.238 e. The summed E-state index contributed by atoms with van der Waals surface area (Å²) in [7, 11) is -3.90. The zero-order valence-electron chi connectivity index (χ0n) is 9.69. The van der Waals surface area contributed by atoms with Gasteiger partial charge in [-0.15, -0.1) is 0 Å². The molecule has 2 rings (SSSR count). The van der Waals surface area contributed by atoms with Crippen LogP contribution < -0.4 is 10.5 Å². The van der Waals surface area contributed by atoms with E-state index in [1.807, 2.05) is 0 Å². The summed E-state index contributed by atoms with van der Waals surface area (Å²) < 4.78 is 35.7. The van der Waals surface area contributed by atoms with Gasteiger partial charge in [-0.25, -0.2) is 17.9 Å². The van der Waals surface area contributed by atoms with E-state index in [4.69, 9.17) is 5.14 Å². The normalized spacial score (nSPS) is 18.2. The van der Waals surface area contributed by atoms with Crippen LogP contribution in [0, 0.1) is 5.82 Å². The van der Waals surface area contributed by atoms with Crippen LogP contribution in [0.5, 0.6) is 0 Å². The van der Waals surface area contributed by atoms with E-state index in [9.17, 15) is 17.9 Å². The average Bonchev–Trinajstić information content (AvgIpc) is 2.23. The van der Waals surface area contributed by atoms with Gasteiger partial charge in [0.15, 0.2) is 0 Å². The van der Waals surface area contributed by atoms with Crippen LogP contribution in [0.1, 0.15) is 19.3 Å². The third-order valence-electron chi connectivity index (χ3n) is 3.16. The monoisotopic (exact) mass is 274 g/mol. The quantitative estimate of drug-likeness (QED) is 0.757. The predicted molar refractivity (Wildman–Crippen MR) is 65.1 cm³/mol. The number of nitrogens with two attached hydrogens (primary N) is 1. The summed E-state index contributed by atoms with van der Waals surface area (Å²) in [6.45, 7) is 0.249. The lowest BCUT2D eigenvalue weighted by molar-refractivity contribution is -0.0202. The Balaban J connectivity index is 2.10. The van der Waals surface area contributed by atoms with Gasteiger partial charge in [0.1, 0.15) is 5.82 Å². The third kappa shape index (κ3) is 2.80. The molecule has 0 heterocycles. The molecule has 1 saturated carbocycles. The fourth-order valence-corrected chi connectivity index (χ4v) is 2.36. The van der Waals surface area contributed by atoms with E-state index in [1.54, 1.807) is 0 Å². The van der Waals surface area contributed by atoms with Crippen LogP contribution >= 0.6 is 0 Å². The Hall–Kier alpha value is -1.18. The van der Waals surface area contributed by atoms with Crippen molar-refractivity contribution in [3.05, 3.63) is 24.0 Å². The van der Waals surface area contributed by atoms with Gasteiger partial charge in [-0.05, 0) is 37.5 Å². The predicted octanol–water partition coefficient (Wildman–Crippen LogP) is 0.800. The molecule has 0 atom stereocenters. The highest BCUT2D eigenvalue weighted by Crippen LogP contribution is 2.32. The number of halogens is 1. The summed E-state index contributed by atoms with van der Waals surface area (Å²) in [5.74, 6) is -0.704. The van der Waals surface area contributed by atoms with Gasteiger partial charge in [-0.1, -0.05) is 0 Å². The van der Waals surface area contributed by atoms with Crippen LogP contribution in [-0.4, -0.2) is 25.7 Å². The van der Waals surface area contributed by atoms with Crippen molar-refractivity contribution in [1.29, 1.82) is 0 Å². The van der Waals surface area contributed by atoms with Crippen molar-refractivity contribution >= 4 is 15.7 Å². The maximum Gasteiger partial charge on any atom is 0.238 e. The molecule has 18 heavy (non-hydrogen) atoms. The highest BCUT2D eigenvalue weighted by molar-refractivity contribution is 7.89. The molecule has 100 valence electrons. The van der Waals surface area contributed by atoms with E-state index in [0.29, 0.717) is 12.8 Å². The third-order valence-corrected chi connectivity index (χ3v) is 4.07. The van der Waals surface area contributed by atoms with Crippen molar-refractivity contribution in [2.75, 3.05) is 11.9 Å². The number of hydrogen-bond donors (Lipinski definition) is 3. The van der Waals surface area contributed by atoms with Gasteiger partial charge in [-0.3, -0.25) is 0 Å². The maximum absolute atomic E-state index is 13.6. The Morgan fingerprint density at radius 2 is 2.11 bits per heavy atom. The lowest BCUT2D eigenvalue weighted by Gasteiger charge is -2.36. The molecule has 0 aromatic heterocycles. The summed E-state index contributed by atoms with van der Waals surface area (Å²) in [6, 6.07) is 3.39. The minimum Gasteiger partial charge on any atom is -0.388 e. The molecule has 1 fully saturated rings. The zero-order valence-corrected chi connectivity index (χ0v) is 10.5. The molecule has 0 radical (unpaired) electrons. The Morgan fingerprint density at radius 3 is 2.56 bits per heavy atom. The summed E-state index contributed by atoms with van der Waals surface area (Å²) in [5, 5.41) is 17.5. The number of nitrogens with one attached hydrogen (secondary N) is 1. The molecule has 1 aliphatic carbocycles. The van der Waals surface area contributed by atoms with Gasteiger partial charge in [0.05, 0.1) is 16.2 Å². The molecule has 0 saturated heterocycles. The second-order valence-electron chi connectivity index (χ2n) is 4.62. The number of benzene rings is 1. The first-order valence-electron chi connectivity index (χ1n) is 5.59. The van der Waals surface area contributed by atoms with E-state index in [0.717, 1.165) is 12.5 Å². The molecular formula is C11H15FN2O3S. The maximum atomic E-state index is 13.6. The van der Waals surface area contributed by atoms with E-state index in [1.165, 1.54) is 12.1 Å². The number of anilines is 1. The first kappa shape index (κ1) is 13.3. The summed E-state index contributed by atoms with van der Waals surface area (Å²) in [6.07, 6.45) is 2.35. The van der Waals surface area contributed by atoms with Crippen LogP contribution in [0.15, 0.2) is 23.1 Å². The van der Waals surface area contributed by atoms with Crippen molar-refractivity contribution in [2.24, 2.45) is 5.14 Å². The van der Waals surface area contributed by atoms with Crippen molar-refractivity contribution in [3.8, 4) is 0 Å². The van der Waals surface area contributed by atoms with Crippen LogP contribution in [0.25, 0.3) is 0 Å². The molecule has 0 amide bonds. The highest BCUT2D eigenvalue weighted by Gasteiger charge is 2.34. The lowest BCUT2D eigenvalue weighted by Crippen LogP contribution is -2.43. The van der Waals surface area contributed by atoms with Gasteiger partial charge in [0.25, 0.3) is 0 Å². The van der Waals surface area contributed by atoms with Crippen molar-refractivity contribution in [2.45, 2.75) is 29.8 Å². The van der Waals surface area contributed by atoms with Crippen LogP contribution in [0.3, 0.4) is 0 Å². The second-order valence-corrected chi connectivity index (χ2v) is 6.18. The molecule has 1 aromatic rings. The molecule has 0 spiro atoms. The average molecular weight is 274 g/mol. The van der Waals surface area contributed by atoms with E-state index < -0.39 is 21.4 Å². The number of aliphatic hydroxyl groups is 1. The fraction of sp³-hybridized carbons (Fsp3) is 0.455. The SMILES string of the molecule is NS(=O)(=O)c1ccc(NCC2(O)CCC2)c(F)c1. The Morgan fingerprint density at radius 1 is 1.44 bits per heavy atom. The molecule has 7 heteroatoms. The van der Waals surface area contributed by atoms with E-state index in [2.05, 4.69) is 5.32 Å². The summed E-state index contributed by atoms with van der Waals surface area (Å²) in [4.78, 5) is -0.270. The lowest BCUT2D eigenvalue weighted by atomic mass is 9.80. The number of primary sulfonamides is 1. The van der Waals surface area contributed by atoms with Gasteiger partial charge in [0, 0.05) is 6.54 Å². The second kappa shape index (κ2) is 4.49. The van der Waals surface area contributed by atoms with Crippen molar-refractivity contribution in [1.82, 2.24) is 0 Å². The standard InChI is InChI=1S/C11H15FN2O3S/c12-9-6-8(18(13,16)17)2-3-10(9)14-7-11(15)4-1-5-11/h2-3,6,14-15H,1,4-5,7H2,(H2,13,16,17). The fourth-order valence-electron chi connectivity index (χ4n) is 1.84. The van der Waals surface area contributed by atoms with Gasteiger partial charge in [-0.2, -0.15) is 0 Å². The Bertz CT molecular complexity index is 555. The van der Waals surface area contributed by atoms with E-state index in [-0.39, 0.29) is 17.1 Å². The topological polar surface area (TPSA) is 92.4 Å². The number of rotatable bonds is 4. The minimum absolute atomic E-state index is 0.155. The van der Waals surface area contributed by atoms with Gasteiger partial charge >= 0.3 is 0 Å². The van der Waals surface area contributed by atoms with Crippen LogP contribution in [-0.2, 0) is 10.0 Å². The van der Waals surface area contributed by atoms with Crippen molar-refractivity contribution < 1.29 is 17.9 Å². The van der Waals surface area contributed by atoms with Crippen LogP contribution in [0.4, 0.5) is 10.1 Å². The van der Waals surface area contributed by atoms with Crippen LogP contribution in [0.2, 0.25) is 0 Å². The first-order valence-corrected chi connectivity index (χ1v) is 7.13. The van der Waals surface area contributed by atoms with Gasteiger partial charge < -0.3 is 10.4 Å². The highest BCUT2D eigenvalue weighted by atomic mass is 32.2. The van der Waals surface area contributed by atoms with E-state index >= 15 is 0 Å². The molecule has 1 aromatic carbocycles. The Labute approximate surface area is 105 Å². The summed E-state index contributed by atoms with van der Waals surface area (Å²) in [5.41, 5.74) is -0.617. The largest absolute Gasteiger partial charge is 0.388 e. The number of hydrogen-bond acceptors (Lipinski definition) is 4. The summed E-state index contributed by atoms with van der Waals surface area (Å²) >= 11 is 0. The number of sulfonamides is 1. The molecule has 4 N–H and O–H groups in total. The molecule has 0 aliphatic heterocycles. The molecule has 0 bridgehead atoms. The molecular weight excluding hydrogens is 259 g/mol. The molecule has 5 nitrogen and oxygen atoms in total. The van der Waals surface area contributed by atoms with Crippen molar-refractivity contribution in [3.63, 3.8) is 0 Å². The zero-order chi connectivity index (χ0) is 13.4. The first-order chi connectivity index (χ1) is 8.30. The minimum atomic E-state index is -3.90. The molecule has 0 unspecified atom stereocenters. The molecule has 1 aliphatic rings. The Kier molecular flexibility index (Phi) is 3.31.